The van der Waals surface area contributed by atoms with Gasteiger partial charge < -0.3 is 10.1 Å². The number of benzene rings is 2. The first-order chi connectivity index (χ1) is 12.8. The van der Waals surface area contributed by atoms with Crippen LogP contribution in [-0.4, -0.2) is 44.1 Å². The van der Waals surface area contributed by atoms with Gasteiger partial charge in [0.25, 0.3) is 0 Å². The number of halogens is 1. The first-order valence-corrected chi connectivity index (χ1v) is 10.6. The molecule has 0 aliphatic heterocycles. The molecule has 0 bridgehead atoms. The van der Waals surface area contributed by atoms with E-state index in [1.807, 2.05) is 30.3 Å². The SMILES string of the molecule is CC(COc1ccccc1)NC(=O)CN(Cc1ccccc1Cl)S(C)(=O)=O. The van der Waals surface area contributed by atoms with Gasteiger partial charge in [-0.05, 0) is 30.7 Å². The summed E-state index contributed by atoms with van der Waals surface area (Å²) in [5.41, 5.74) is 0.637. The highest BCUT2D eigenvalue weighted by Gasteiger charge is 2.22. The van der Waals surface area contributed by atoms with Crippen molar-refractivity contribution in [3.8, 4) is 5.75 Å². The lowest BCUT2D eigenvalue weighted by Crippen LogP contribution is -2.44. The van der Waals surface area contributed by atoms with Crippen molar-refractivity contribution in [2.75, 3.05) is 19.4 Å². The Morgan fingerprint density at radius 2 is 1.78 bits per heavy atom. The molecule has 2 aromatic carbocycles. The van der Waals surface area contributed by atoms with Gasteiger partial charge >= 0.3 is 0 Å². The Labute approximate surface area is 165 Å². The monoisotopic (exact) mass is 410 g/mol. The number of nitrogens with one attached hydrogen (secondary N) is 1. The number of para-hydroxylation sites is 1. The molecule has 0 aliphatic carbocycles. The van der Waals surface area contributed by atoms with Crippen LogP contribution in [0.25, 0.3) is 0 Å². The molecule has 6 nitrogen and oxygen atoms in total. The van der Waals surface area contributed by atoms with E-state index in [0.717, 1.165) is 10.6 Å². The van der Waals surface area contributed by atoms with Crippen LogP contribution in [-0.2, 0) is 21.4 Å². The molecule has 1 amide bonds. The van der Waals surface area contributed by atoms with Gasteiger partial charge in [-0.25, -0.2) is 8.42 Å². The third kappa shape index (κ3) is 7.21. The maximum atomic E-state index is 12.3. The van der Waals surface area contributed by atoms with Gasteiger partial charge in [0.1, 0.15) is 12.4 Å². The van der Waals surface area contributed by atoms with Crippen molar-refractivity contribution in [2.45, 2.75) is 19.5 Å². The Bertz CT molecular complexity index is 859. The van der Waals surface area contributed by atoms with Gasteiger partial charge in [0, 0.05) is 11.6 Å². The van der Waals surface area contributed by atoms with E-state index in [4.69, 9.17) is 16.3 Å². The number of rotatable bonds is 9. The Kier molecular flexibility index (Phi) is 7.65. The highest BCUT2D eigenvalue weighted by Crippen LogP contribution is 2.18. The molecule has 1 atom stereocenters. The number of nitrogens with zero attached hydrogens (tertiary/aromatic N) is 1. The number of hydrogen-bond acceptors (Lipinski definition) is 4. The average molecular weight is 411 g/mol. The van der Waals surface area contributed by atoms with Gasteiger partial charge in [-0.2, -0.15) is 4.31 Å². The lowest BCUT2D eigenvalue weighted by molar-refractivity contribution is -0.122. The number of hydrogen-bond donors (Lipinski definition) is 1. The van der Waals surface area contributed by atoms with Gasteiger partial charge in [-0.3, -0.25) is 4.79 Å². The highest BCUT2D eigenvalue weighted by atomic mass is 35.5. The summed E-state index contributed by atoms with van der Waals surface area (Å²) in [6.07, 6.45) is 1.07. The molecule has 0 aromatic heterocycles. The summed E-state index contributed by atoms with van der Waals surface area (Å²) in [6.45, 7) is 1.80. The normalized spacial score (nSPS) is 12.6. The van der Waals surface area contributed by atoms with Crippen LogP contribution in [0.2, 0.25) is 5.02 Å². The summed E-state index contributed by atoms with van der Waals surface area (Å²) >= 11 is 6.10. The van der Waals surface area contributed by atoms with E-state index in [1.165, 1.54) is 0 Å². The molecule has 2 rings (SSSR count). The molecule has 1 unspecified atom stereocenters. The van der Waals surface area contributed by atoms with Crippen LogP contribution in [0.3, 0.4) is 0 Å². The highest BCUT2D eigenvalue weighted by molar-refractivity contribution is 7.88. The van der Waals surface area contributed by atoms with Crippen LogP contribution < -0.4 is 10.1 Å². The average Bonchev–Trinajstić information content (AvgIpc) is 2.61. The van der Waals surface area contributed by atoms with Crippen LogP contribution in [0.1, 0.15) is 12.5 Å². The smallest absolute Gasteiger partial charge is 0.235 e. The van der Waals surface area contributed by atoms with Crippen molar-refractivity contribution in [3.63, 3.8) is 0 Å². The van der Waals surface area contributed by atoms with E-state index >= 15 is 0 Å². The van der Waals surface area contributed by atoms with Gasteiger partial charge in [0.05, 0.1) is 18.8 Å². The molecule has 0 aliphatic rings. The van der Waals surface area contributed by atoms with Gasteiger partial charge in [-0.1, -0.05) is 48.0 Å². The Morgan fingerprint density at radius 3 is 2.41 bits per heavy atom. The molecular weight excluding hydrogens is 388 g/mol. The number of carbonyl (C=O) groups excluding carboxylic acids is 1. The first-order valence-electron chi connectivity index (χ1n) is 8.41. The summed E-state index contributed by atoms with van der Waals surface area (Å²) < 4.78 is 30.8. The third-order valence-corrected chi connectivity index (χ3v) is 5.31. The molecule has 1 N–H and O–H groups in total. The molecule has 0 heterocycles. The molecule has 0 spiro atoms. The Morgan fingerprint density at radius 1 is 1.15 bits per heavy atom. The zero-order chi connectivity index (χ0) is 19.9. The quantitative estimate of drug-likeness (QED) is 0.689. The summed E-state index contributed by atoms with van der Waals surface area (Å²) in [6, 6.07) is 15.9. The minimum atomic E-state index is -3.58. The molecule has 27 heavy (non-hydrogen) atoms. The number of ether oxygens (including phenoxy) is 1. The molecular formula is C19H23ClN2O4S. The summed E-state index contributed by atoms with van der Waals surface area (Å²) in [5, 5.41) is 3.20. The van der Waals surface area contributed by atoms with E-state index < -0.39 is 15.9 Å². The van der Waals surface area contributed by atoms with E-state index in [2.05, 4.69) is 5.32 Å². The fourth-order valence-corrected chi connectivity index (χ4v) is 3.29. The lowest BCUT2D eigenvalue weighted by Gasteiger charge is -2.22. The zero-order valence-corrected chi connectivity index (χ0v) is 16.8. The molecule has 8 heteroatoms. The fourth-order valence-electron chi connectivity index (χ4n) is 2.37. The lowest BCUT2D eigenvalue weighted by atomic mass is 10.2. The van der Waals surface area contributed by atoms with Crippen molar-refractivity contribution in [1.29, 1.82) is 0 Å². The maximum absolute atomic E-state index is 12.3. The van der Waals surface area contributed by atoms with Gasteiger partial charge in [-0.15, -0.1) is 0 Å². The second kappa shape index (κ2) is 9.73. The standard InChI is InChI=1S/C19H23ClN2O4S/c1-15(14-26-17-9-4-3-5-10-17)21-19(23)13-22(27(2,24)25)12-16-8-6-7-11-18(16)20/h3-11,15H,12-14H2,1-2H3,(H,21,23). The maximum Gasteiger partial charge on any atom is 0.235 e. The predicted molar refractivity (Wildman–Crippen MR) is 106 cm³/mol. The molecule has 146 valence electrons. The van der Waals surface area contributed by atoms with Crippen LogP contribution in [0.5, 0.6) is 5.75 Å². The Balaban J connectivity index is 1.92. The second-order valence-corrected chi connectivity index (χ2v) is 8.60. The minimum absolute atomic E-state index is 0.0286. The third-order valence-electron chi connectivity index (χ3n) is 3.74. The molecule has 0 fully saturated rings. The van der Waals surface area contributed by atoms with E-state index in [1.54, 1.807) is 31.2 Å². The summed E-state index contributed by atoms with van der Waals surface area (Å²) in [7, 11) is -3.58. The fraction of sp³-hybridized carbons (Fsp3) is 0.316. The zero-order valence-electron chi connectivity index (χ0n) is 15.3. The molecule has 0 radical (unpaired) electrons. The number of sulfonamides is 1. The van der Waals surface area contributed by atoms with E-state index in [9.17, 15) is 13.2 Å². The van der Waals surface area contributed by atoms with E-state index in [-0.39, 0.29) is 25.7 Å². The van der Waals surface area contributed by atoms with Crippen LogP contribution in [0.4, 0.5) is 0 Å². The molecule has 0 saturated heterocycles. The van der Waals surface area contributed by atoms with Gasteiger partial charge in [0.2, 0.25) is 15.9 Å². The topological polar surface area (TPSA) is 75.7 Å². The first kappa shape index (κ1) is 21.2. The van der Waals surface area contributed by atoms with Gasteiger partial charge in [0.15, 0.2) is 0 Å². The largest absolute Gasteiger partial charge is 0.491 e. The number of amides is 1. The molecule has 0 saturated carbocycles. The van der Waals surface area contributed by atoms with E-state index in [0.29, 0.717) is 16.3 Å². The minimum Gasteiger partial charge on any atom is -0.491 e. The van der Waals surface area contributed by atoms with Crippen molar-refractivity contribution in [2.24, 2.45) is 0 Å². The molecule has 2 aromatic rings. The summed E-state index contributed by atoms with van der Waals surface area (Å²) in [4.78, 5) is 12.3. The van der Waals surface area contributed by atoms with Crippen molar-refractivity contribution < 1.29 is 17.9 Å². The van der Waals surface area contributed by atoms with Crippen LogP contribution in [0.15, 0.2) is 54.6 Å². The summed E-state index contributed by atoms with van der Waals surface area (Å²) in [5.74, 6) is 0.298. The predicted octanol–water partition coefficient (Wildman–Crippen LogP) is 2.69. The Hall–Kier alpha value is -2.09. The van der Waals surface area contributed by atoms with Crippen molar-refractivity contribution >= 4 is 27.5 Å². The van der Waals surface area contributed by atoms with Crippen LogP contribution in [0, 0.1) is 0 Å². The van der Waals surface area contributed by atoms with Crippen molar-refractivity contribution in [1.82, 2.24) is 9.62 Å². The second-order valence-electron chi connectivity index (χ2n) is 6.22. The number of carbonyl (C=O) groups is 1. The van der Waals surface area contributed by atoms with Crippen molar-refractivity contribution in [3.05, 3.63) is 65.2 Å². The van der Waals surface area contributed by atoms with Crippen LogP contribution >= 0.6 is 11.6 Å².